The number of rotatable bonds is 1. The first-order chi connectivity index (χ1) is 5.11. The molecule has 4 heteroatoms. The molecule has 1 aromatic rings. The average molecular weight is 214 g/mol. The zero-order chi connectivity index (χ0) is 8.43. The minimum Gasteiger partial charge on any atom is -0.399 e. The van der Waals surface area contributed by atoms with Crippen LogP contribution in [0.5, 0.6) is 0 Å². The van der Waals surface area contributed by atoms with Gasteiger partial charge in [-0.05, 0) is 18.2 Å². The van der Waals surface area contributed by atoms with Crippen molar-refractivity contribution in [2.24, 2.45) is 5.73 Å². The quantitative estimate of drug-likeness (QED) is 0.374. The van der Waals surface area contributed by atoms with E-state index >= 15 is 0 Å². The first-order valence-corrected chi connectivity index (χ1v) is 3.80. The van der Waals surface area contributed by atoms with Crippen LogP contribution in [0.3, 0.4) is 0 Å². The molecule has 0 aliphatic rings. The number of nitrogen functional groups attached to an aromatic ring is 2. The monoisotopic (exact) mass is 213 g/mol. The lowest BCUT2D eigenvalue weighted by molar-refractivity contribution is 1.41. The molecule has 0 bridgehead atoms. The highest BCUT2D eigenvalue weighted by Crippen LogP contribution is 2.18. The van der Waals surface area contributed by atoms with E-state index < -0.39 is 0 Å². The van der Waals surface area contributed by atoms with Crippen LogP contribution in [0.15, 0.2) is 22.7 Å². The van der Waals surface area contributed by atoms with E-state index in [0.29, 0.717) is 11.3 Å². The largest absolute Gasteiger partial charge is 0.399 e. The van der Waals surface area contributed by atoms with E-state index in [1.807, 2.05) is 0 Å². The Morgan fingerprint density at radius 1 is 1.45 bits per heavy atom. The minimum absolute atomic E-state index is 0.0178. The SMILES string of the molecule is N=C(N)c1cc(N)ccc1Br. The maximum absolute atomic E-state index is 7.17. The summed E-state index contributed by atoms with van der Waals surface area (Å²) in [7, 11) is 0. The molecule has 0 unspecified atom stereocenters. The summed E-state index contributed by atoms with van der Waals surface area (Å²) in [5.74, 6) is 0.0178. The highest BCUT2D eigenvalue weighted by Gasteiger charge is 2.01. The fourth-order valence-corrected chi connectivity index (χ4v) is 1.21. The predicted octanol–water partition coefficient (Wildman–Crippen LogP) is 1.32. The third-order valence-corrected chi connectivity index (χ3v) is 1.97. The minimum atomic E-state index is 0.0178. The summed E-state index contributed by atoms with van der Waals surface area (Å²) in [6.07, 6.45) is 0. The summed E-state index contributed by atoms with van der Waals surface area (Å²) in [6.45, 7) is 0. The van der Waals surface area contributed by atoms with Gasteiger partial charge in [0.1, 0.15) is 5.84 Å². The normalized spacial score (nSPS) is 9.55. The smallest absolute Gasteiger partial charge is 0.124 e. The van der Waals surface area contributed by atoms with Gasteiger partial charge in [-0.3, -0.25) is 5.41 Å². The van der Waals surface area contributed by atoms with Crippen molar-refractivity contribution >= 4 is 27.5 Å². The predicted molar refractivity (Wildman–Crippen MR) is 49.6 cm³/mol. The zero-order valence-electron chi connectivity index (χ0n) is 5.76. The Labute approximate surface area is 73.0 Å². The number of hydrogen-bond acceptors (Lipinski definition) is 2. The molecule has 1 aromatic carbocycles. The van der Waals surface area contributed by atoms with Crippen LogP contribution in [0.25, 0.3) is 0 Å². The van der Waals surface area contributed by atoms with Gasteiger partial charge in [-0.15, -0.1) is 0 Å². The summed E-state index contributed by atoms with van der Waals surface area (Å²) in [5, 5.41) is 7.17. The number of nitrogens with two attached hydrogens (primary N) is 2. The van der Waals surface area contributed by atoms with E-state index in [1.54, 1.807) is 18.2 Å². The van der Waals surface area contributed by atoms with Gasteiger partial charge in [-0.25, -0.2) is 0 Å². The second-order valence-electron chi connectivity index (χ2n) is 2.15. The molecule has 0 atom stereocenters. The van der Waals surface area contributed by atoms with Gasteiger partial charge in [0.15, 0.2) is 0 Å². The molecule has 1 rings (SSSR count). The summed E-state index contributed by atoms with van der Waals surface area (Å²) in [5.41, 5.74) is 12.0. The lowest BCUT2D eigenvalue weighted by Crippen LogP contribution is -2.12. The molecule has 0 aromatic heterocycles. The molecule has 3 nitrogen and oxygen atoms in total. The fourth-order valence-electron chi connectivity index (χ4n) is 0.749. The molecular weight excluding hydrogens is 206 g/mol. The Kier molecular flexibility index (Phi) is 2.14. The standard InChI is InChI=1S/C7H8BrN3/c8-6-2-1-4(9)3-5(6)7(10)11/h1-3H,9H2,(H3,10,11). The molecule has 0 heterocycles. The van der Waals surface area contributed by atoms with E-state index in [2.05, 4.69) is 15.9 Å². The van der Waals surface area contributed by atoms with Crippen molar-refractivity contribution in [3.05, 3.63) is 28.2 Å². The summed E-state index contributed by atoms with van der Waals surface area (Å²) in [4.78, 5) is 0. The van der Waals surface area contributed by atoms with Gasteiger partial charge in [0.25, 0.3) is 0 Å². The zero-order valence-corrected chi connectivity index (χ0v) is 7.35. The molecular formula is C7H8BrN3. The van der Waals surface area contributed by atoms with Gasteiger partial charge in [0.05, 0.1) is 0 Å². The topological polar surface area (TPSA) is 75.9 Å². The Balaban J connectivity index is 3.23. The van der Waals surface area contributed by atoms with E-state index in [4.69, 9.17) is 16.9 Å². The second-order valence-corrected chi connectivity index (χ2v) is 3.01. The molecule has 58 valence electrons. The highest BCUT2D eigenvalue weighted by atomic mass is 79.9. The number of amidine groups is 1. The van der Waals surface area contributed by atoms with Crippen LogP contribution in [-0.2, 0) is 0 Å². The lowest BCUT2D eigenvalue weighted by atomic mass is 10.2. The van der Waals surface area contributed by atoms with Gasteiger partial charge in [-0.2, -0.15) is 0 Å². The van der Waals surface area contributed by atoms with Crippen molar-refractivity contribution in [3.63, 3.8) is 0 Å². The summed E-state index contributed by atoms with van der Waals surface area (Å²) >= 11 is 3.25. The van der Waals surface area contributed by atoms with Crippen LogP contribution in [-0.4, -0.2) is 5.84 Å². The van der Waals surface area contributed by atoms with Crippen LogP contribution >= 0.6 is 15.9 Å². The lowest BCUT2D eigenvalue weighted by Gasteiger charge is -2.01. The molecule has 0 spiro atoms. The number of benzene rings is 1. The molecule has 0 saturated carbocycles. The summed E-state index contributed by atoms with van der Waals surface area (Å²) in [6, 6.07) is 5.18. The van der Waals surface area contributed by atoms with Crippen LogP contribution in [0.4, 0.5) is 5.69 Å². The molecule has 0 aliphatic carbocycles. The Bertz CT molecular complexity index is 296. The van der Waals surface area contributed by atoms with Crippen molar-refractivity contribution in [1.29, 1.82) is 5.41 Å². The maximum atomic E-state index is 7.17. The Morgan fingerprint density at radius 2 is 2.09 bits per heavy atom. The highest BCUT2D eigenvalue weighted by molar-refractivity contribution is 9.10. The first kappa shape index (κ1) is 8.07. The van der Waals surface area contributed by atoms with Crippen molar-refractivity contribution in [1.82, 2.24) is 0 Å². The van der Waals surface area contributed by atoms with Gasteiger partial charge >= 0.3 is 0 Å². The third-order valence-electron chi connectivity index (χ3n) is 1.28. The van der Waals surface area contributed by atoms with Gasteiger partial charge in [0, 0.05) is 15.7 Å². The summed E-state index contributed by atoms with van der Waals surface area (Å²) < 4.78 is 0.791. The Hall–Kier alpha value is -1.03. The molecule has 0 aliphatic heterocycles. The third kappa shape index (κ3) is 1.71. The van der Waals surface area contributed by atoms with Crippen LogP contribution < -0.4 is 11.5 Å². The number of nitrogens with one attached hydrogen (secondary N) is 1. The van der Waals surface area contributed by atoms with Crippen molar-refractivity contribution in [2.75, 3.05) is 5.73 Å². The van der Waals surface area contributed by atoms with Gasteiger partial charge in [0.2, 0.25) is 0 Å². The molecule has 5 N–H and O–H groups in total. The number of anilines is 1. The van der Waals surface area contributed by atoms with E-state index in [9.17, 15) is 0 Å². The van der Waals surface area contributed by atoms with E-state index in [-0.39, 0.29) is 5.84 Å². The van der Waals surface area contributed by atoms with E-state index in [1.165, 1.54) is 0 Å². The van der Waals surface area contributed by atoms with Gasteiger partial charge < -0.3 is 11.5 Å². The fraction of sp³-hybridized carbons (Fsp3) is 0. The first-order valence-electron chi connectivity index (χ1n) is 3.00. The van der Waals surface area contributed by atoms with E-state index in [0.717, 1.165) is 4.47 Å². The van der Waals surface area contributed by atoms with Crippen molar-refractivity contribution < 1.29 is 0 Å². The number of halogens is 1. The van der Waals surface area contributed by atoms with Crippen LogP contribution in [0.2, 0.25) is 0 Å². The molecule has 0 amide bonds. The van der Waals surface area contributed by atoms with Crippen molar-refractivity contribution in [3.8, 4) is 0 Å². The van der Waals surface area contributed by atoms with Crippen LogP contribution in [0.1, 0.15) is 5.56 Å². The van der Waals surface area contributed by atoms with Gasteiger partial charge in [-0.1, -0.05) is 15.9 Å². The van der Waals surface area contributed by atoms with Crippen LogP contribution in [0, 0.1) is 5.41 Å². The average Bonchev–Trinajstić information content (AvgIpc) is 1.94. The molecule has 0 radical (unpaired) electrons. The molecule has 0 fully saturated rings. The Morgan fingerprint density at radius 3 is 2.55 bits per heavy atom. The maximum Gasteiger partial charge on any atom is 0.124 e. The second kappa shape index (κ2) is 2.92. The number of hydrogen-bond donors (Lipinski definition) is 3. The van der Waals surface area contributed by atoms with Crippen molar-refractivity contribution in [2.45, 2.75) is 0 Å². The molecule has 0 saturated heterocycles. The molecule has 11 heavy (non-hydrogen) atoms.